The van der Waals surface area contributed by atoms with Crippen LogP contribution in [-0.2, 0) is 9.53 Å². The molecule has 0 radical (unpaired) electrons. The lowest BCUT2D eigenvalue weighted by atomic mass is 9.66. The first-order valence-corrected chi connectivity index (χ1v) is 7.28. The Morgan fingerprint density at radius 1 is 1.17 bits per heavy atom. The highest BCUT2D eigenvalue weighted by molar-refractivity contribution is 5.73. The monoisotopic (exact) mass is 254 g/mol. The lowest BCUT2D eigenvalue weighted by molar-refractivity contribution is -0.163. The Morgan fingerprint density at radius 3 is 2.56 bits per heavy atom. The van der Waals surface area contributed by atoms with Crippen molar-refractivity contribution in [3.63, 3.8) is 0 Å². The summed E-state index contributed by atoms with van der Waals surface area (Å²) in [6.07, 6.45) is 5.85. The van der Waals surface area contributed by atoms with Crippen LogP contribution in [0.5, 0.6) is 0 Å². The van der Waals surface area contributed by atoms with E-state index in [-0.39, 0.29) is 23.6 Å². The van der Waals surface area contributed by atoms with Crippen molar-refractivity contribution in [1.82, 2.24) is 0 Å². The Bertz CT molecular complexity index is 305. The summed E-state index contributed by atoms with van der Waals surface area (Å²) in [5.74, 6) is 0.967. The average molecular weight is 254 g/mol. The first-order valence-electron chi connectivity index (χ1n) is 7.28. The van der Waals surface area contributed by atoms with E-state index in [0.29, 0.717) is 11.8 Å². The van der Waals surface area contributed by atoms with E-state index in [9.17, 15) is 9.90 Å². The van der Waals surface area contributed by atoms with Gasteiger partial charge in [-0.25, -0.2) is 0 Å². The second-order valence-corrected chi connectivity index (χ2v) is 6.97. The summed E-state index contributed by atoms with van der Waals surface area (Å²) < 4.78 is 5.48. The smallest absolute Gasteiger partial charge is 0.309 e. The largest absolute Gasteiger partial charge is 0.460 e. The fourth-order valence-electron chi connectivity index (χ4n) is 3.53. The SMILES string of the molecule is CC(C)(C)OC(=O)C1CCC2C(O)CCCC2C1. The molecule has 4 atom stereocenters. The van der Waals surface area contributed by atoms with Crippen molar-refractivity contribution < 1.29 is 14.6 Å². The van der Waals surface area contributed by atoms with Crippen molar-refractivity contribution >= 4 is 5.97 Å². The van der Waals surface area contributed by atoms with Crippen LogP contribution >= 0.6 is 0 Å². The van der Waals surface area contributed by atoms with Crippen molar-refractivity contribution in [1.29, 1.82) is 0 Å². The topological polar surface area (TPSA) is 46.5 Å². The number of esters is 1. The Labute approximate surface area is 110 Å². The van der Waals surface area contributed by atoms with E-state index in [0.717, 1.165) is 32.1 Å². The summed E-state index contributed by atoms with van der Waals surface area (Å²) in [6, 6.07) is 0. The maximum atomic E-state index is 12.1. The zero-order valence-corrected chi connectivity index (χ0v) is 11.8. The van der Waals surface area contributed by atoms with Gasteiger partial charge in [0.1, 0.15) is 5.60 Å². The zero-order valence-electron chi connectivity index (χ0n) is 11.8. The predicted octanol–water partition coefficient (Wildman–Crippen LogP) is 2.91. The van der Waals surface area contributed by atoms with Crippen LogP contribution in [0.1, 0.15) is 59.3 Å². The van der Waals surface area contributed by atoms with Crippen LogP contribution in [0.15, 0.2) is 0 Å². The molecule has 2 rings (SSSR count). The third-order valence-corrected chi connectivity index (χ3v) is 4.35. The molecule has 2 saturated carbocycles. The number of fused-ring (bicyclic) bond motifs is 1. The van der Waals surface area contributed by atoms with E-state index in [1.54, 1.807) is 0 Å². The van der Waals surface area contributed by atoms with Crippen LogP contribution in [0.25, 0.3) is 0 Å². The van der Waals surface area contributed by atoms with Gasteiger partial charge in [-0.05, 0) is 64.7 Å². The molecule has 0 heterocycles. The Morgan fingerprint density at radius 2 is 1.89 bits per heavy atom. The van der Waals surface area contributed by atoms with E-state index in [1.165, 1.54) is 6.42 Å². The quantitative estimate of drug-likeness (QED) is 0.732. The van der Waals surface area contributed by atoms with Crippen LogP contribution in [-0.4, -0.2) is 22.8 Å². The molecule has 2 aliphatic rings. The van der Waals surface area contributed by atoms with E-state index in [4.69, 9.17) is 4.74 Å². The van der Waals surface area contributed by atoms with E-state index >= 15 is 0 Å². The summed E-state index contributed by atoms with van der Waals surface area (Å²) in [7, 11) is 0. The second-order valence-electron chi connectivity index (χ2n) is 6.97. The van der Waals surface area contributed by atoms with Gasteiger partial charge in [-0.2, -0.15) is 0 Å². The third-order valence-electron chi connectivity index (χ3n) is 4.35. The van der Waals surface area contributed by atoms with Crippen LogP contribution in [0.3, 0.4) is 0 Å². The van der Waals surface area contributed by atoms with Gasteiger partial charge in [0.25, 0.3) is 0 Å². The van der Waals surface area contributed by atoms with Gasteiger partial charge in [0.05, 0.1) is 12.0 Å². The molecular formula is C15H26O3. The fourth-order valence-corrected chi connectivity index (χ4v) is 3.53. The van der Waals surface area contributed by atoms with Crippen molar-refractivity contribution in [2.45, 2.75) is 71.0 Å². The van der Waals surface area contributed by atoms with Crippen LogP contribution in [0.4, 0.5) is 0 Å². The summed E-state index contributed by atoms with van der Waals surface area (Å²) in [5.41, 5.74) is -0.389. The summed E-state index contributed by atoms with van der Waals surface area (Å²) in [5, 5.41) is 10.00. The molecule has 1 N–H and O–H groups in total. The van der Waals surface area contributed by atoms with Crippen molar-refractivity contribution in [2.75, 3.05) is 0 Å². The Balaban J connectivity index is 1.92. The molecule has 0 spiro atoms. The third kappa shape index (κ3) is 3.25. The standard InChI is InChI=1S/C15H26O3/c1-15(2,3)18-14(17)11-7-8-12-10(9-11)5-4-6-13(12)16/h10-13,16H,4-9H2,1-3H3. The van der Waals surface area contributed by atoms with Gasteiger partial charge in [-0.15, -0.1) is 0 Å². The molecule has 0 aromatic rings. The summed E-state index contributed by atoms with van der Waals surface area (Å²) in [4.78, 5) is 12.1. The Hall–Kier alpha value is -0.570. The highest BCUT2D eigenvalue weighted by atomic mass is 16.6. The first kappa shape index (κ1) is 13.9. The number of aliphatic hydroxyl groups is 1. The first-order chi connectivity index (χ1) is 8.37. The minimum Gasteiger partial charge on any atom is -0.460 e. The molecule has 0 aromatic carbocycles. The average Bonchev–Trinajstić information content (AvgIpc) is 2.26. The molecule has 0 amide bonds. The predicted molar refractivity (Wildman–Crippen MR) is 70.0 cm³/mol. The van der Waals surface area contributed by atoms with Gasteiger partial charge < -0.3 is 9.84 Å². The van der Waals surface area contributed by atoms with Crippen LogP contribution < -0.4 is 0 Å². The summed E-state index contributed by atoms with van der Waals surface area (Å²) in [6.45, 7) is 5.75. The highest BCUT2D eigenvalue weighted by Crippen LogP contribution is 2.43. The molecule has 0 bridgehead atoms. The van der Waals surface area contributed by atoms with Crippen molar-refractivity contribution in [3.8, 4) is 0 Å². The maximum absolute atomic E-state index is 12.1. The van der Waals surface area contributed by atoms with Crippen molar-refractivity contribution in [3.05, 3.63) is 0 Å². The van der Waals surface area contributed by atoms with Crippen molar-refractivity contribution in [2.24, 2.45) is 17.8 Å². The lowest BCUT2D eigenvalue weighted by Crippen LogP contribution is -2.40. The molecule has 3 heteroatoms. The number of hydrogen-bond acceptors (Lipinski definition) is 3. The molecule has 2 fully saturated rings. The molecule has 18 heavy (non-hydrogen) atoms. The Kier molecular flexibility index (Phi) is 4.00. The highest BCUT2D eigenvalue weighted by Gasteiger charge is 2.40. The van der Waals surface area contributed by atoms with E-state index < -0.39 is 0 Å². The van der Waals surface area contributed by atoms with Gasteiger partial charge in [0, 0.05) is 0 Å². The molecule has 0 aliphatic heterocycles. The number of rotatable bonds is 1. The van der Waals surface area contributed by atoms with Gasteiger partial charge in [-0.3, -0.25) is 4.79 Å². The maximum Gasteiger partial charge on any atom is 0.309 e. The summed E-state index contributed by atoms with van der Waals surface area (Å²) >= 11 is 0. The van der Waals surface area contributed by atoms with E-state index in [1.807, 2.05) is 20.8 Å². The number of hydrogen-bond donors (Lipinski definition) is 1. The molecule has 4 unspecified atom stereocenters. The molecule has 2 aliphatic carbocycles. The van der Waals surface area contributed by atoms with Gasteiger partial charge in [0.15, 0.2) is 0 Å². The number of carbonyl (C=O) groups excluding carboxylic acids is 1. The number of ether oxygens (including phenoxy) is 1. The minimum atomic E-state index is -0.389. The fraction of sp³-hybridized carbons (Fsp3) is 0.933. The molecule has 0 aromatic heterocycles. The minimum absolute atomic E-state index is 0.0407. The molecular weight excluding hydrogens is 228 g/mol. The van der Waals surface area contributed by atoms with E-state index in [2.05, 4.69) is 0 Å². The van der Waals surface area contributed by atoms with Crippen LogP contribution in [0, 0.1) is 17.8 Å². The van der Waals surface area contributed by atoms with Gasteiger partial charge in [0.2, 0.25) is 0 Å². The van der Waals surface area contributed by atoms with Gasteiger partial charge >= 0.3 is 5.97 Å². The molecule has 104 valence electrons. The normalized spacial score (nSPS) is 36.9. The van der Waals surface area contributed by atoms with Gasteiger partial charge in [-0.1, -0.05) is 6.42 Å². The number of aliphatic hydroxyl groups excluding tert-OH is 1. The molecule has 0 saturated heterocycles. The number of carbonyl (C=O) groups is 1. The second kappa shape index (κ2) is 5.20. The molecule has 3 nitrogen and oxygen atoms in total. The zero-order chi connectivity index (χ0) is 13.3. The lowest BCUT2D eigenvalue weighted by Gasteiger charge is -2.41. The van der Waals surface area contributed by atoms with Crippen LogP contribution in [0.2, 0.25) is 0 Å².